The van der Waals surface area contributed by atoms with E-state index in [1.54, 1.807) is 12.1 Å². The highest BCUT2D eigenvalue weighted by Gasteiger charge is 2.17. The van der Waals surface area contributed by atoms with Crippen molar-refractivity contribution >= 4 is 6.08 Å². The molecule has 0 aliphatic rings. The average molecular weight is 317 g/mol. The molecule has 24 heavy (non-hydrogen) atoms. The predicted molar refractivity (Wildman–Crippen MR) is 95.7 cm³/mol. The third-order valence-electron chi connectivity index (χ3n) is 3.84. The average Bonchev–Trinajstić information content (AvgIpc) is 2.62. The van der Waals surface area contributed by atoms with E-state index in [2.05, 4.69) is 13.8 Å². The zero-order valence-corrected chi connectivity index (χ0v) is 13.7. The highest BCUT2D eigenvalue weighted by Crippen LogP contribution is 2.31. The fourth-order valence-electron chi connectivity index (χ4n) is 2.64. The molecule has 119 valence electrons. The predicted octanol–water partition coefficient (Wildman–Crippen LogP) is 5.52. The van der Waals surface area contributed by atoms with Crippen LogP contribution in [0.5, 0.6) is 0 Å². The van der Waals surface area contributed by atoms with Crippen molar-refractivity contribution in [2.24, 2.45) is 0 Å². The molecule has 2 aromatic carbocycles. The summed E-state index contributed by atoms with van der Waals surface area (Å²) in [6, 6.07) is 16.1. The number of rotatable bonds is 4. The normalized spacial score (nSPS) is 10.8. The molecule has 0 saturated heterocycles. The molecule has 0 saturated carbocycles. The number of benzene rings is 2. The molecule has 1 aromatic heterocycles. The van der Waals surface area contributed by atoms with Crippen LogP contribution in [-0.4, -0.2) is 9.97 Å². The third-order valence-corrected chi connectivity index (χ3v) is 3.84. The standard InChI is InChI=1S/C21H18FN2/c1-4-18-19(14(2)3)23-21(16-8-6-5-7-9-16)24-20(18)15-10-12-17(22)13-11-15/h1,4-14H,2-3H3. The number of halogens is 1. The van der Waals surface area contributed by atoms with Gasteiger partial charge in [-0.2, -0.15) is 0 Å². The van der Waals surface area contributed by atoms with Gasteiger partial charge >= 0.3 is 0 Å². The van der Waals surface area contributed by atoms with E-state index in [-0.39, 0.29) is 11.7 Å². The lowest BCUT2D eigenvalue weighted by Crippen LogP contribution is -2.04. The molecule has 0 spiro atoms. The zero-order chi connectivity index (χ0) is 17.1. The molecule has 3 rings (SSSR count). The van der Waals surface area contributed by atoms with Crippen molar-refractivity contribution in [1.82, 2.24) is 9.97 Å². The fourth-order valence-corrected chi connectivity index (χ4v) is 2.64. The van der Waals surface area contributed by atoms with Crippen LogP contribution in [-0.2, 0) is 0 Å². The molecule has 0 bridgehead atoms. The van der Waals surface area contributed by atoms with Gasteiger partial charge in [-0.15, -0.1) is 0 Å². The minimum Gasteiger partial charge on any atom is -0.232 e. The highest BCUT2D eigenvalue weighted by molar-refractivity contribution is 5.74. The van der Waals surface area contributed by atoms with Crippen molar-refractivity contribution in [2.45, 2.75) is 19.8 Å². The van der Waals surface area contributed by atoms with Crippen molar-refractivity contribution in [3.63, 3.8) is 0 Å². The first-order valence-electron chi connectivity index (χ1n) is 7.88. The van der Waals surface area contributed by atoms with E-state index in [0.29, 0.717) is 5.82 Å². The van der Waals surface area contributed by atoms with Gasteiger partial charge < -0.3 is 0 Å². The summed E-state index contributed by atoms with van der Waals surface area (Å²) < 4.78 is 13.3. The van der Waals surface area contributed by atoms with Gasteiger partial charge in [-0.05, 0) is 30.2 Å². The maximum absolute atomic E-state index is 13.3. The smallest absolute Gasteiger partial charge is 0.160 e. The minimum atomic E-state index is -0.279. The van der Waals surface area contributed by atoms with Crippen LogP contribution in [0.4, 0.5) is 4.39 Å². The second-order valence-corrected chi connectivity index (χ2v) is 5.89. The monoisotopic (exact) mass is 317 g/mol. The van der Waals surface area contributed by atoms with Crippen molar-refractivity contribution in [3.05, 3.63) is 78.3 Å². The van der Waals surface area contributed by atoms with Crippen LogP contribution in [0, 0.1) is 12.4 Å². The van der Waals surface area contributed by atoms with Gasteiger partial charge in [0.15, 0.2) is 5.82 Å². The Morgan fingerprint density at radius 1 is 0.917 bits per heavy atom. The van der Waals surface area contributed by atoms with Crippen LogP contribution in [0.25, 0.3) is 28.7 Å². The summed E-state index contributed by atoms with van der Waals surface area (Å²) in [5, 5.41) is 0. The van der Waals surface area contributed by atoms with E-state index in [9.17, 15) is 4.39 Å². The Morgan fingerprint density at radius 2 is 1.58 bits per heavy atom. The maximum Gasteiger partial charge on any atom is 0.160 e. The summed E-state index contributed by atoms with van der Waals surface area (Å²) in [6.45, 7) is 10.0. The second kappa shape index (κ2) is 6.75. The SMILES string of the molecule is [CH]=Cc1c(-c2ccc(F)cc2)nc(-c2ccccc2)nc1C(C)C. The van der Waals surface area contributed by atoms with E-state index in [0.717, 1.165) is 28.1 Å². The number of aromatic nitrogens is 2. The van der Waals surface area contributed by atoms with Crippen LogP contribution in [0.2, 0.25) is 0 Å². The van der Waals surface area contributed by atoms with E-state index in [1.165, 1.54) is 18.2 Å². The largest absolute Gasteiger partial charge is 0.232 e. The van der Waals surface area contributed by atoms with Gasteiger partial charge in [-0.25, -0.2) is 14.4 Å². The number of nitrogens with zero attached hydrogens (tertiary/aromatic N) is 2. The van der Waals surface area contributed by atoms with Crippen LogP contribution in [0.1, 0.15) is 31.0 Å². The van der Waals surface area contributed by atoms with Crippen molar-refractivity contribution in [3.8, 4) is 22.6 Å². The van der Waals surface area contributed by atoms with E-state index in [1.807, 2.05) is 30.3 Å². The summed E-state index contributed by atoms with van der Waals surface area (Å²) in [5.74, 6) is 0.548. The molecule has 2 nitrogen and oxygen atoms in total. The zero-order valence-electron chi connectivity index (χ0n) is 13.7. The Balaban J connectivity index is 2.27. The van der Waals surface area contributed by atoms with Gasteiger partial charge in [-0.1, -0.05) is 56.8 Å². The first kappa shape index (κ1) is 16.1. The minimum absolute atomic E-state index is 0.185. The van der Waals surface area contributed by atoms with Crippen LogP contribution in [0.15, 0.2) is 54.6 Å². The van der Waals surface area contributed by atoms with E-state index in [4.69, 9.17) is 16.5 Å². The lowest BCUT2D eigenvalue weighted by Gasteiger charge is -2.15. The van der Waals surface area contributed by atoms with E-state index >= 15 is 0 Å². The molecular formula is C21H18FN2. The summed E-state index contributed by atoms with van der Waals surface area (Å²) in [6.07, 6.45) is 1.53. The number of hydrogen-bond acceptors (Lipinski definition) is 2. The van der Waals surface area contributed by atoms with Crippen molar-refractivity contribution in [1.29, 1.82) is 0 Å². The Labute approximate surface area is 141 Å². The van der Waals surface area contributed by atoms with Crippen molar-refractivity contribution in [2.75, 3.05) is 0 Å². The summed E-state index contributed by atoms with van der Waals surface area (Å²) in [4.78, 5) is 9.43. The van der Waals surface area contributed by atoms with Crippen LogP contribution in [0.3, 0.4) is 0 Å². The number of hydrogen-bond donors (Lipinski definition) is 0. The maximum atomic E-state index is 13.3. The molecule has 0 atom stereocenters. The Hall–Kier alpha value is -2.81. The van der Waals surface area contributed by atoms with Gasteiger partial charge in [0.1, 0.15) is 5.82 Å². The van der Waals surface area contributed by atoms with Gasteiger partial charge in [0, 0.05) is 16.7 Å². The Kier molecular flexibility index (Phi) is 4.52. The summed E-state index contributed by atoms with van der Waals surface area (Å²) in [5.41, 5.74) is 4.14. The molecule has 1 heterocycles. The van der Waals surface area contributed by atoms with Crippen molar-refractivity contribution < 1.29 is 4.39 Å². The van der Waals surface area contributed by atoms with Crippen LogP contribution < -0.4 is 0 Å². The first-order valence-corrected chi connectivity index (χ1v) is 7.88. The van der Waals surface area contributed by atoms with Gasteiger partial charge in [-0.3, -0.25) is 0 Å². The molecule has 3 aromatic rings. The summed E-state index contributed by atoms with van der Waals surface area (Å²) >= 11 is 0. The molecule has 0 N–H and O–H groups in total. The lowest BCUT2D eigenvalue weighted by molar-refractivity contribution is 0.628. The molecule has 0 fully saturated rings. The Bertz CT molecular complexity index is 853. The molecular weight excluding hydrogens is 299 g/mol. The Morgan fingerprint density at radius 3 is 2.17 bits per heavy atom. The van der Waals surface area contributed by atoms with Gasteiger partial charge in [0.25, 0.3) is 0 Å². The van der Waals surface area contributed by atoms with Gasteiger partial charge in [0.05, 0.1) is 11.4 Å². The molecule has 0 aliphatic carbocycles. The molecule has 1 radical (unpaired) electrons. The lowest BCUT2D eigenvalue weighted by atomic mass is 9.98. The van der Waals surface area contributed by atoms with Crippen LogP contribution >= 0.6 is 0 Å². The molecule has 0 aliphatic heterocycles. The highest BCUT2D eigenvalue weighted by atomic mass is 19.1. The summed E-state index contributed by atoms with van der Waals surface area (Å²) in [7, 11) is 0. The molecule has 0 unspecified atom stereocenters. The van der Waals surface area contributed by atoms with Gasteiger partial charge in [0.2, 0.25) is 0 Å². The topological polar surface area (TPSA) is 25.8 Å². The fraction of sp³-hybridized carbons (Fsp3) is 0.143. The third kappa shape index (κ3) is 3.11. The second-order valence-electron chi connectivity index (χ2n) is 5.89. The molecule has 3 heteroatoms. The van der Waals surface area contributed by atoms with E-state index < -0.39 is 0 Å². The quantitative estimate of drug-likeness (QED) is 0.633. The molecule has 0 amide bonds. The first-order chi connectivity index (χ1) is 11.6.